The lowest BCUT2D eigenvalue weighted by Crippen LogP contribution is -2.55. The lowest BCUT2D eigenvalue weighted by atomic mass is 10.0. The summed E-state index contributed by atoms with van der Waals surface area (Å²) in [5, 5.41) is 16.0. The molecular weight excluding hydrogens is 496 g/mol. The first kappa shape index (κ1) is 25.8. The van der Waals surface area contributed by atoms with Crippen LogP contribution >= 0.6 is 0 Å². The van der Waals surface area contributed by atoms with Crippen LogP contribution in [-0.4, -0.2) is 68.3 Å². The number of aliphatic hydroxyl groups is 1. The molecule has 3 heterocycles. The molecule has 2 aliphatic rings. The molecule has 5 rings (SSSR count). The molecule has 1 saturated heterocycles. The van der Waals surface area contributed by atoms with Gasteiger partial charge in [-0.1, -0.05) is 6.07 Å². The van der Waals surface area contributed by atoms with Gasteiger partial charge in [-0.3, -0.25) is 14.3 Å². The van der Waals surface area contributed by atoms with Crippen LogP contribution in [0.1, 0.15) is 29.9 Å². The minimum Gasteiger partial charge on any atom is -0.484 e. The Bertz CT molecular complexity index is 1360. The van der Waals surface area contributed by atoms with Gasteiger partial charge < -0.3 is 20.1 Å². The van der Waals surface area contributed by atoms with Gasteiger partial charge in [0.25, 0.3) is 0 Å². The SMILES string of the molecule is Cc1cc(-c2ccnc(NC(=O)[C@@H]3C[C@H]3c3cnn(C)c3)c2)ccc1O[C@H]1CCN(C(=O)CO)CC1(F)F. The number of carbonyl (C=O) groups excluding carboxylic acids is 2. The average molecular weight is 526 g/mol. The van der Waals surface area contributed by atoms with E-state index in [9.17, 15) is 18.4 Å². The van der Waals surface area contributed by atoms with Crippen LogP contribution in [0.25, 0.3) is 11.1 Å². The molecule has 2 fully saturated rings. The largest absolute Gasteiger partial charge is 0.484 e. The molecule has 0 bridgehead atoms. The molecule has 11 heteroatoms. The summed E-state index contributed by atoms with van der Waals surface area (Å²) in [6, 6.07) is 8.83. The minimum atomic E-state index is -3.25. The second-order valence-electron chi connectivity index (χ2n) is 9.92. The third kappa shape index (κ3) is 5.38. The van der Waals surface area contributed by atoms with E-state index >= 15 is 0 Å². The molecule has 3 atom stereocenters. The number of nitrogens with zero attached hydrogens (tertiary/aromatic N) is 4. The molecule has 1 aliphatic heterocycles. The number of aryl methyl sites for hydroxylation is 2. The fourth-order valence-electron chi connectivity index (χ4n) is 4.87. The van der Waals surface area contributed by atoms with Gasteiger partial charge in [-0.05, 0) is 65.8 Å². The number of amides is 2. The highest BCUT2D eigenvalue weighted by Gasteiger charge is 2.48. The first-order valence-corrected chi connectivity index (χ1v) is 12.4. The van der Waals surface area contributed by atoms with E-state index in [2.05, 4.69) is 15.4 Å². The third-order valence-electron chi connectivity index (χ3n) is 7.09. The van der Waals surface area contributed by atoms with Crippen LogP contribution < -0.4 is 10.1 Å². The molecule has 0 radical (unpaired) electrons. The van der Waals surface area contributed by atoms with Crippen molar-refractivity contribution in [3.63, 3.8) is 0 Å². The minimum absolute atomic E-state index is 0.0457. The quantitative estimate of drug-likeness (QED) is 0.491. The van der Waals surface area contributed by atoms with Gasteiger partial charge >= 0.3 is 5.92 Å². The van der Waals surface area contributed by atoms with Gasteiger partial charge in [0, 0.05) is 38.3 Å². The van der Waals surface area contributed by atoms with Crippen LogP contribution in [0.5, 0.6) is 5.75 Å². The number of rotatable bonds is 7. The van der Waals surface area contributed by atoms with Crippen molar-refractivity contribution < 1.29 is 28.2 Å². The molecule has 1 aromatic carbocycles. The van der Waals surface area contributed by atoms with Gasteiger partial charge in [-0.15, -0.1) is 0 Å². The van der Waals surface area contributed by atoms with Gasteiger partial charge in [0.1, 0.15) is 18.2 Å². The van der Waals surface area contributed by atoms with Gasteiger partial charge in [0.15, 0.2) is 6.10 Å². The summed E-state index contributed by atoms with van der Waals surface area (Å²) in [5.74, 6) is -3.24. The van der Waals surface area contributed by atoms with Crippen molar-refractivity contribution in [3.05, 3.63) is 60.0 Å². The zero-order chi connectivity index (χ0) is 27.0. The standard InChI is InChI=1S/C27H29F2N5O4/c1-16-9-17(3-4-22(16)38-23-6-8-34(25(36)14-35)15-27(23,28)29)18-5-7-30-24(10-18)32-26(37)21-11-20(21)19-12-31-33(2)13-19/h3-5,7,9-10,12-13,20-21,23,35H,6,8,11,14-15H2,1-2H3,(H,30,32,37)/t20-,21+,23-/m0/s1. The second kappa shape index (κ2) is 10.1. The second-order valence-corrected chi connectivity index (χ2v) is 9.92. The zero-order valence-electron chi connectivity index (χ0n) is 21.1. The Morgan fingerprint density at radius 3 is 2.71 bits per heavy atom. The van der Waals surface area contributed by atoms with E-state index in [1.807, 2.05) is 25.4 Å². The highest BCUT2D eigenvalue weighted by Crippen LogP contribution is 2.47. The van der Waals surface area contributed by atoms with Gasteiger partial charge in [0.05, 0.1) is 12.7 Å². The van der Waals surface area contributed by atoms with E-state index in [0.29, 0.717) is 17.1 Å². The number of hydrogen-bond donors (Lipinski definition) is 2. The van der Waals surface area contributed by atoms with Crippen LogP contribution in [0.4, 0.5) is 14.6 Å². The number of piperidine rings is 1. The smallest absolute Gasteiger partial charge is 0.301 e. The molecule has 2 amide bonds. The molecular formula is C27H29F2N5O4. The number of benzene rings is 1. The third-order valence-corrected chi connectivity index (χ3v) is 7.09. The lowest BCUT2D eigenvalue weighted by molar-refractivity contribution is -0.161. The van der Waals surface area contributed by atoms with Crippen molar-refractivity contribution in [1.82, 2.24) is 19.7 Å². The van der Waals surface area contributed by atoms with Crippen molar-refractivity contribution in [2.75, 3.05) is 25.0 Å². The number of aliphatic hydroxyl groups excluding tert-OH is 1. The summed E-state index contributed by atoms with van der Waals surface area (Å²) in [6.45, 7) is 0.279. The highest BCUT2D eigenvalue weighted by atomic mass is 19.3. The summed E-state index contributed by atoms with van der Waals surface area (Å²) in [6.07, 6.45) is 4.67. The number of alkyl halides is 2. The summed E-state index contributed by atoms with van der Waals surface area (Å²) < 4.78 is 36.7. The Kier molecular flexibility index (Phi) is 6.87. The van der Waals surface area contributed by atoms with Crippen LogP contribution in [0.2, 0.25) is 0 Å². The predicted octanol–water partition coefficient (Wildman–Crippen LogP) is 3.14. The molecule has 2 N–H and O–H groups in total. The number of halogens is 2. The maximum absolute atomic E-state index is 14.7. The number of hydrogen-bond acceptors (Lipinski definition) is 6. The summed E-state index contributed by atoms with van der Waals surface area (Å²) in [5.41, 5.74) is 3.36. The lowest BCUT2D eigenvalue weighted by Gasteiger charge is -2.38. The van der Waals surface area contributed by atoms with Crippen molar-refractivity contribution in [2.24, 2.45) is 13.0 Å². The summed E-state index contributed by atoms with van der Waals surface area (Å²) in [7, 11) is 1.85. The Hall–Kier alpha value is -3.86. The van der Waals surface area contributed by atoms with Crippen molar-refractivity contribution in [3.8, 4) is 16.9 Å². The molecule has 2 aromatic heterocycles. The first-order chi connectivity index (χ1) is 18.1. The average Bonchev–Trinajstić information content (AvgIpc) is 3.58. The molecule has 0 unspecified atom stereocenters. The van der Waals surface area contributed by atoms with E-state index < -0.39 is 31.1 Å². The van der Waals surface area contributed by atoms with Crippen LogP contribution in [0.3, 0.4) is 0 Å². The van der Waals surface area contributed by atoms with Gasteiger partial charge in [-0.25, -0.2) is 13.8 Å². The highest BCUT2D eigenvalue weighted by molar-refractivity contribution is 5.95. The number of likely N-dealkylation sites (tertiary alicyclic amines) is 1. The Balaban J connectivity index is 1.23. The normalized spacial score (nSPS) is 22.1. The molecule has 9 nitrogen and oxygen atoms in total. The molecule has 1 aliphatic carbocycles. The van der Waals surface area contributed by atoms with Crippen LogP contribution in [0.15, 0.2) is 48.9 Å². The summed E-state index contributed by atoms with van der Waals surface area (Å²) in [4.78, 5) is 29.6. The first-order valence-electron chi connectivity index (χ1n) is 12.4. The number of aromatic nitrogens is 3. The van der Waals surface area contributed by atoms with Crippen molar-refractivity contribution in [2.45, 2.75) is 37.7 Å². The Morgan fingerprint density at radius 1 is 1.24 bits per heavy atom. The monoisotopic (exact) mass is 525 g/mol. The van der Waals surface area contributed by atoms with Gasteiger partial charge in [0.2, 0.25) is 11.8 Å². The molecule has 1 saturated carbocycles. The van der Waals surface area contributed by atoms with E-state index in [-0.39, 0.29) is 30.7 Å². The summed E-state index contributed by atoms with van der Waals surface area (Å²) >= 11 is 0. The van der Waals surface area contributed by atoms with Gasteiger partial charge in [-0.2, -0.15) is 5.10 Å². The number of anilines is 1. The van der Waals surface area contributed by atoms with E-state index in [1.165, 1.54) is 0 Å². The molecule has 0 spiro atoms. The fraction of sp³-hybridized carbons (Fsp3) is 0.407. The zero-order valence-corrected chi connectivity index (χ0v) is 21.1. The predicted molar refractivity (Wildman–Crippen MR) is 135 cm³/mol. The molecule has 3 aromatic rings. The number of carbonyl (C=O) groups is 2. The number of pyridine rings is 1. The van der Waals surface area contributed by atoms with Crippen LogP contribution in [-0.2, 0) is 16.6 Å². The van der Waals surface area contributed by atoms with Crippen molar-refractivity contribution in [1.29, 1.82) is 0 Å². The van der Waals surface area contributed by atoms with E-state index in [0.717, 1.165) is 28.0 Å². The Labute approximate surface area is 218 Å². The fourth-order valence-corrected chi connectivity index (χ4v) is 4.87. The topological polar surface area (TPSA) is 110 Å². The number of ether oxygens (including phenoxy) is 1. The maximum Gasteiger partial charge on any atom is 0.301 e. The molecule has 38 heavy (non-hydrogen) atoms. The number of nitrogens with one attached hydrogen (secondary N) is 1. The molecule has 200 valence electrons. The Morgan fingerprint density at radius 2 is 2.03 bits per heavy atom. The van der Waals surface area contributed by atoms with Crippen LogP contribution in [0, 0.1) is 12.8 Å². The maximum atomic E-state index is 14.7. The van der Waals surface area contributed by atoms with Crippen molar-refractivity contribution >= 4 is 17.6 Å². The van der Waals surface area contributed by atoms with E-state index in [1.54, 1.807) is 42.2 Å². The van der Waals surface area contributed by atoms with E-state index in [4.69, 9.17) is 9.84 Å².